The Kier molecular flexibility index (Phi) is 3.29. The number of H-pyrrole nitrogens is 1. The lowest BCUT2D eigenvalue weighted by molar-refractivity contribution is 0.111. The van der Waals surface area contributed by atoms with Gasteiger partial charge in [-0.15, -0.1) is 5.10 Å². The van der Waals surface area contributed by atoms with E-state index in [0.717, 1.165) is 10.0 Å². The maximum absolute atomic E-state index is 11.0. The fourth-order valence-corrected chi connectivity index (χ4v) is 2.28. The Balaban J connectivity index is 2.03. The van der Waals surface area contributed by atoms with Crippen molar-refractivity contribution in [1.29, 1.82) is 0 Å². The molecule has 1 aliphatic heterocycles. The van der Waals surface area contributed by atoms with Crippen molar-refractivity contribution >= 4 is 21.8 Å². The molecule has 6 nitrogen and oxygen atoms in total. The molecule has 108 valence electrons. The van der Waals surface area contributed by atoms with Gasteiger partial charge in [0.25, 0.3) is 5.56 Å². The van der Waals surface area contributed by atoms with Crippen molar-refractivity contribution < 1.29 is 9.47 Å². The molecule has 0 saturated heterocycles. The number of rotatable bonds is 1. The van der Waals surface area contributed by atoms with Gasteiger partial charge in [0.1, 0.15) is 5.75 Å². The molecule has 1 aromatic carbocycles. The molecule has 1 aliphatic rings. The minimum Gasteiger partial charge on any atom is -0.466 e. The number of aliphatic imine (C=N–C) groups is 1. The first-order chi connectivity index (χ1) is 9.93. The van der Waals surface area contributed by atoms with Crippen molar-refractivity contribution in [2.45, 2.75) is 19.6 Å². The Hall–Kier alpha value is -2.15. The number of aromatic amines is 1. The number of hydrogen-bond donors (Lipinski definition) is 1. The van der Waals surface area contributed by atoms with E-state index in [1.165, 1.54) is 12.1 Å². The molecule has 0 fully saturated rings. The summed E-state index contributed by atoms with van der Waals surface area (Å²) in [6, 6.07) is 8.42. The van der Waals surface area contributed by atoms with Crippen molar-refractivity contribution in [2.75, 3.05) is 0 Å². The van der Waals surface area contributed by atoms with Gasteiger partial charge >= 0.3 is 0 Å². The van der Waals surface area contributed by atoms with Crippen LogP contribution >= 0.6 is 15.9 Å². The van der Waals surface area contributed by atoms with Crippen LogP contribution in [-0.2, 0) is 0 Å². The van der Waals surface area contributed by atoms with Crippen molar-refractivity contribution in [3.63, 3.8) is 0 Å². The Bertz CT molecular complexity index is 763. The smallest absolute Gasteiger partial charge is 0.264 e. The molecule has 7 heteroatoms. The Morgan fingerprint density at radius 3 is 2.81 bits per heavy atom. The normalized spacial score (nSPS) is 15.7. The van der Waals surface area contributed by atoms with E-state index in [4.69, 9.17) is 9.47 Å². The highest BCUT2D eigenvalue weighted by Gasteiger charge is 2.29. The van der Waals surface area contributed by atoms with Crippen LogP contribution in [0.25, 0.3) is 0 Å². The van der Waals surface area contributed by atoms with Crippen LogP contribution in [-0.4, -0.2) is 21.8 Å². The van der Waals surface area contributed by atoms with E-state index in [0.29, 0.717) is 11.6 Å². The maximum Gasteiger partial charge on any atom is 0.264 e. The molecule has 3 rings (SSSR count). The number of nitrogens with one attached hydrogen (secondary N) is 1. The monoisotopic (exact) mass is 349 g/mol. The van der Waals surface area contributed by atoms with E-state index in [1.807, 2.05) is 32.0 Å². The molecule has 1 N–H and O–H groups in total. The van der Waals surface area contributed by atoms with Crippen LogP contribution in [0, 0.1) is 0 Å². The third-order valence-electron chi connectivity index (χ3n) is 2.76. The number of halogens is 1. The highest BCUT2D eigenvalue weighted by Crippen LogP contribution is 2.32. The molecule has 0 amide bonds. The van der Waals surface area contributed by atoms with Crippen molar-refractivity contribution in [3.8, 4) is 11.6 Å². The number of hydrogen-bond acceptors (Lipinski definition) is 5. The highest BCUT2D eigenvalue weighted by atomic mass is 79.9. The van der Waals surface area contributed by atoms with Gasteiger partial charge in [-0.2, -0.15) is 0 Å². The predicted octanol–water partition coefficient (Wildman–Crippen LogP) is 2.49. The largest absolute Gasteiger partial charge is 0.466 e. The summed E-state index contributed by atoms with van der Waals surface area (Å²) in [6.45, 7) is 3.67. The molecule has 21 heavy (non-hydrogen) atoms. The lowest BCUT2D eigenvalue weighted by Crippen LogP contribution is -2.34. The molecule has 1 aromatic heterocycles. The van der Waals surface area contributed by atoms with E-state index in [1.54, 1.807) is 0 Å². The van der Waals surface area contributed by atoms with Crippen molar-refractivity contribution in [1.82, 2.24) is 10.2 Å². The summed E-state index contributed by atoms with van der Waals surface area (Å²) in [6.07, 6.45) is 0. The van der Waals surface area contributed by atoms with Gasteiger partial charge in [-0.25, -0.2) is 10.1 Å². The first-order valence-corrected chi connectivity index (χ1v) is 7.05. The molecule has 0 aliphatic carbocycles. The average Bonchev–Trinajstić information content (AvgIpc) is 2.41. The molecular formula is C14H12BrN3O3. The van der Waals surface area contributed by atoms with Gasteiger partial charge < -0.3 is 9.47 Å². The number of aromatic nitrogens is 2. The SMILES string of the molecule is CC1(C)N=C(Oc2ccc(=O)[nH]n2)c2cc(Br)ccc2O1. The summed E-state index contributed by atoms with van der Waals surface area (Å²) in [4.78, 5) is 15.5. The zero-order valence-electron chi connectivity index (χ0n) is 11.4. The van der Waals surface area contributed by atoms with Crippen LogP contribution in [0.2, 0.25) is 0 Å². The van der Waals surface area contributed by atoms with Crippen LogP contribution in [0.3, 0.4) is 0 Å². The zero-order chi connectivity index (χ0) is 15.0. The quantitative estimate of drug-likeness (QED) is 0.857. The lowest BCUT2D eigenvalue weighted by Gasteiger charge is -2.29. The fourth-order valence-electron chi connectivity index (χ4n) is 1.92. The average molecular weight is 350 g/mol. The van der Waals surface area contributed by atoms with Gasteiger partial charge in [-0.1, -0.05) is 15.9 Å². The molecule has 2 aromatic rings. The number of benzene rings is 1. The number of fused-ring (bicyclic) bond motifs is 1. The van der Waals surface area contributed by atoms with E-state index in [-0.39, 0.29) is 11.4 Å². The van der Waals surface area contributed by atoms with E-state index >= 15 is 0 Å². The van der Waals surface area contributed by atoms with Crippen molar-refractivity contribution in [2.24, 2.45) is 4.99 Å². The molecule has 0 radical (unpaired) electrons. The Morgan fingerprint density at radius 1 is 1.29 bits per heavy atom. The third kappa shape index (κ3) is 2.97. The summed E-state index contributed by atoms with van der Waals surface area (Å²) in [5.74, 6) is 1.33. The zero-order valence-corrected chi connectivity index (χ0v) is 13.0. The van der Waals surface area contributed by atoms with E-state index in [2.05, 4.69) is 31.1 Å². The molecule has 0 unspecified atom stereocenters. The summed E-state index contributed by atoms with van der Waals surface area (Å²) in [5, 5.41) is 6.14. The highest BCUT2D eigenvalue weighted by molar-refractivity contribution is 9.10. The van der Waals surface area contributed by atoms with Gasteiger partial charge in [-0.3, -0.25) is 4.79 Å². The molecule has 0 spiro atoms. The standard InChI is InChI=1S/C14H12BrN3O3/c1-14(2)16-13(20-12-6-5-11(19)17-18-12)9-7-8(15)3-4-10(9)21-14/h3-7H,1-2H3,(H,17,19). The van der Waals surface area contributed by atoms with Gasteiger partial charge in [-0.05, 0) is 32.0 Å². The number of nitrogens with zero attached hydrogens (tertiary/aromatic N) is 2. The third-order valence-corrected chi connectivity index (χ3v) is 3.25. The first-order valence-electron chi connectivity index (χ1n) is 6.25. The molecular weight excluding hydrogens is 338 g/mol. The Morgan fingerprint density at radius 2 is 2.10 bits per heavy atom. The van der Waals surface area contributed by atoms with Crippen molar-refractivity contribution in [3.05, 3.63) is 50.7 Å². The second kappa shape index (κ2) is 5.00. The van der Waals surface area contributed by atoms with Crippen LogP contribution in [0.1, 0.15) is 19.4 Å². The minimum atomic E-state index is -0.738. The van der Waals surface area contributed by atoms with Gasteiger partial charge in [0.15, 0.2) is 5.72 Å². The van der Waals surface area contributed by atoms with Gasteiger partial charge in [0.05, 0.1) is 5.56 Å². The van der Waals surface area contributed by atoms with E-state index < -0.39 is 5.72 Å². The lowest BCUT2D eigenvalue weighted by atomic mass is 10.1. The molecule has 2 heterocycles. The van der Waals surface area contributed by atoms with Crippen LogP contribution in [0.15, 0.2) is 44.6 Å². The molecule has 0 atom stereocenters. The first kappa shape index (κ1) is 13.8. The summed E-state index contributed by atoms with van der Waals surface area (Å²) >= 11 is 3.41. The minimum absolute atomic E-state index is 0.261. The van der Waals surface area contributed by atoms with Crippen LogP contribution in [0.4, 0.5) is 0 Å². The summed E-state index contributed by atoms with van der Waals surface area (Å²) in [5.41, 5.74) is -0.310. The summed E-state index contributed by atoms with van der Waals surface area (Å²) < 4.78 is 12.4. The van der Waals surface area contributed by atoms with Crippen LogP contribution in [0.5, 0.6) is 11.6 Å². The maximum atomic E-state index is 11.0. The topological polar surface area (TPSA) is 76.6 Å². The van der Waals surface area contributed by atoms with Crippen LogP contribution < -0.4 is 15.0 Å². The van der Waals surface area contributed by atoms with Gasteiger partial charge in [0.2, 0.25) is 11.8 Å². The number of ether oxygens (including phenoxy) is 2. The second-order valence-corrected chi connectivity index (χ2v) is 5.88. The summed E-state index contributed by atoms with van der Waals surface area (Å²) in [7, 11) is 0. The molecule has 0 saturated carbocycles. The van der Waals surface area contributed by atoms with E-state index in [9.17, 15) is 4.79 Å². The predicted molar refractivity (Wildman–Crippen MR) is 80.9 cm³/mol. The fraction of sp³-hybridized carbons (Fsp3) is 0.214. The second-order valence-electron chi connectivity index (χ2n) is 4.97. The van der Waals surface area contributed by atoms with Gasteiger partial charge in [0, 0.05) is 16.6 Å². The molecule has 0 bridgehead atoms. The Labute approximate surface area is 129 Å².